The standard InChI is InChI=1S/C14H10F2N2/c15-14(16)11-8-12(18-13(17)9-11)7-6-10-4-2-1-3-5-10/h1-5,8-9,14H,(H2,17,18). The summed E-state index contributed by atoms with van der Waals surface area (Å²) in [7, 11) is 0. The molecule has 0 bridgehead atoms. The zero-order chi connectivity index (χ0) is 13.0. The van der Waals surface area contributed by atoms with Crippen molar-refractivity contribution in [3.63, 3.8) is 0 Å². The summed E-state index contributed by atoms with van der Waals surface area (Å²) in [6.45, 7) is 0. The second kappa shape index (κ2) is 5.28. The molecule has 1 aromatic carbocycles. The van der Waals surface area contributed by atoms with Crippen LogP contribution in [0, 0.1) is 11.8 Å². The van der Waals surface area contributed by atoms with Gasteiger partial charge >= 0.3 is 0 Å². The molecule has 1 aromatic heterocycles. The molecule has 2 aromatic rings. The van der Waals surface area contributed by atoms with Crippen LogP contribution in [-0.2, 0) is 0 Å². The Kier molecular flexibility index (Phi) is 3.54. The molecule has 0 radical (unpaired) electrons. The Morgan fingerprint density at radius 2 is 1.78 bits per heavy atom. The van der Waals surface area contributed by atoms with Crippen LogP contribution in [0.3, 0.4) is 0 Å². The van der Waals surface area contributed by atoms with Crippen molar-refractivity contribution in [2.45, 2.75) is 6.43 Å². The number of halogens is 2. The number of hydrogen-bond donors (Lipinski definition) is 1. The Labute approximate surface area is 103 Å². The van der Waals surface area contributed by atoms with Gasteiger partial charge in [0.2, 0.25) is 0 Å². The third-order valence-corrected chi connectivity index (χ3v) is 2.23. The van der Waals surface area contributed by atoms with Gasteiger partial charge in [-0.25, -0.2) is 13.8 Å². The van der Waals surface area contributed by atoms with E-state index in [1.807, 2.05) is 30.3 Å². The maximum atomic E-state index is 12.6. The second-order valence-corrected chi connectivity index (χ2v) is 3.63. The van der Waals surface area contributed by atoms with E-state index in [4.69, 9.17) is 5.73 Å². The van der Waals surface area contributed by atoms with Crippen LogP contribution in [0.4, 0.5) is 14.6 Å². The second-order valence-electron chi connectivity index (χ2n) is 3.63. The maximum absolute atomic E-state index is 12.6. The lowest BCUT2D eigenvalue weighted by Crippen LogP contribution is -1.96. The molecule has 18 heavy (non-hydrogen) atoms. The van der Waals surface area contributed by atoms with Gasteiger partial charge < -0.3 is 5.73 Å². The first-order chi connectivity index (χ1) is 8.65. The molecule has 0 aliphatic rings. The number of rotatable bonds is 1. The van der Waals surface area contributed by atoms with Crippen LogP contribution in [0.2, 0.25) is 0 Å². The summed E-state index contributed by atoms with van der Waals surface area (Å²) in [4.78, 5) is 3.90. The third-order valence-electron chi connectivity index (χ3n) is 2.23. The predicted molar refractivity (Wildman–Crippen MR) is 66.0 cm³/mol. The summed E-state index contributed by atoms with van der Waals surface area (Å²) in [6, 6.07) is 11.6. The average Bonchev–Trinajstić information content (AvgIpc) is 2.37. The SMILES string of the molecule is Nc1cc(C(F)F)cc(C#Cc2ccccc2)n1. The van der Waals surface area contributed by atoms with Crippen molar-refractivity contribution >= 4 is 5.82 Å². The highest BCUT2D eigenvalue weighted by Crippen LogP contribution is 2.20. The molecule has 4 heteroatoms. The Balaban J connectivity index is 2.33. The predicted octanol–water partition coefficient (Wildman–Crippen LogP) is 3.00. The van der Waals surface area contributed by atoms with Gasteiger partial charge in [0.25, 0.3) is 6.43 Å². The van der Waals surface area contributed by atoms with Crippen LogP contribution in [0.25, 0.3) is 0 Å². The van der Waals surface area contributed by atoms with Crippen LogP contribution in [0.1, 0.15) is 23.2 Å². The van der Waals surface area contributed by atoms with Crippen molar-refractivity contribution in [1.29, 1.82) is 0 Å². The van der Waals surface area contributed by atoms with Crippen molar-refractivity contribution < 1.29 is 8.78 Å². The maximum Gasteiger partial charge on any atom is 0.264 e. The van der Waals surface area contributed by atoms with Gasteiger partial charge in [-0.15, -0.1) is 0 Å². The van der Waals surface area contributed by atoms with Gasteiger partial charge in [0.1, 0.15) is 11.5 Å². The highest BCUT2D eigenvalue weighted by atomic mass is 19.3. The van der Waals surface area contributed by atoms with Crippen LogP contribution < -0.4 is 5.73 Å². The van der Waals surface area contributed by atoms with Gasteiger partial charge in [-0.1, -0.05) is 24.1 Å². The van der Waals surface area contributed by atoms with Crippen LogP contribution >= 0.6 is 0 Å². The topological polar surface area (TPSA) is 38.9 Å². The van der Waals surface area contributed by atoms with E-state index in [-0.39, 0.29) is 17.1 Å². The fraction of sp³-hybridized carbons (Fsp3) is 0.0714. The first-order valence-corrected chi connectivity index (χ1v) is 5.28. The molecular formula is C14H10F2N2. The molecule has 2 nitrogen and oxygen atoms in total. The molecule has 0 aliphatic carbocycles. The lowest BCUT2D eigenvalue weighted by atomic mass is 10.2. The van der Waals surface area contributed by atoms with Crippen LogP contribution in [0.15, 0.2) is 42.5 Å². The number of nitrogens with two attached hydrogens (primary N) is 1. The van der Waals surface area contributed by atoms with Gasteiger partial charge in [0.05, 0.1) is 0 Å². The zero-order valence-corrected chi connectivity index (χ0v) is 9.40. The van der Waals surface area contributed by atoms with E-state index in [2.05, 4.69) is 16.8 Å². The Bertz CT molecular complexity index is 598. The largest absolute Gasteiger partial charge is 0.384 e. The van der Waals surface area contributed by atoms with Gasteiger partial charge in [-0.2, -0.15) is 0 Å². The van der Waals surface area contributed by atoms with E-state index in [1.165, 1.54) is 6.07 Å². The Hall–Kier alpha value is -2.41. The summed E-state index contributed by atoms with van der Waals surface area (Å²) in [6.07, 6.45) is -2.58. The minimum Gasteiger partial charge on any atom is -0.384 e. The van der Waals surface area contributed by atoms with E-state index in [0.717, 1.165) is 11.6 Å². The first-order valence-electron chi connectivity index (χ1n) is 5.28. The van der Waals surface area contributed by atoms with Crippen molar-refractivity contribution in [3.8, 4) is 11.8 Å². The number of alkyl halides is 2. The fourth-order valence-electron chi connectivity index (χ4n) is 1.42. The molecule has 0 spiro atoms. The van der Waals surface area contributed by atoms with Crippen molar-refractivity contribution in [2.24, 2.45) is 0 Å². The smallest absolute Gasteiger partial charge is 0.264 e. The minimum absolute atomic E-state index is 0.0464. The summed E-state index contributed by atoms with van der Waals surface area (Å²) >= 11 is 0. The number of benzene rings is 1. The lowest BCUT2D eigenvalue weighted by Gasteiger charge is -2.01. The van der Waals surface area contributed by atoms with Crippen LogP contribution in [-0.4, -0.2) is 4.98 Å². The number of nitrogen functional groups attached to an aromatic ring is 1. The molecule has 0 fully saturated rings. The molecule has 1 heterocycles. The quantitative estimate of drug-likeness (QED) is 0.783. The van der Waals surface area contributed by atoms with E-state index < -0.39 is 6.43 Å². The molecule has 0 saturated carbocycles. The van der Waals surface area contributed by atoms with Crippen molar-refractivity contribution in [2.75, 3.05) is 5.73 Å². The molecule has 90 valence electrons. The third kappa shape index (κ3) is 3.05. The van der Waals surface area contributed by atoms with E-state index in [9.17, 15) is 8.78 Å². The highest BCUT2D eigenvalue weighted by molar-refractivity contribution is 5.44. The first kappa shape index (κ1) is 12.1. The summed E-state index contributed by atoms with van der Waals surface area (Å²) in [5.74, 6) is 5.61. The van der Waals surface area contributed by atoms with Gasteiger partial charge in [-0.3, -0.25) is 0 Å². The lowest BCUT2D eigenvalue weighted by molar-refractivity contribution is 0.151. The van der Waals surface area contributed by atoms with Crippen LogP contribution in [0.5, 0.6) is 0 Å². The molecule has 0 aliphatic heterocycles. The molecule has 0 atom stereocenters. The van der Waals surface area contributed by atoms with E-state index in [1.54, 1.807) is 0 Å². The summed E-state index contributed by atoms with van der Waals surface area (Å²) in [5.41, 5.74) is 6.32. The molecular weight excluding hydrogens is 234 g/mol. The Morgan fingerprint density at radius 3 is 2.44 bits per heavy atom. The van der Waals surface area contributed by atoms with Crippen molar-refractivity contribution in [3.05, 3.63) is 59.3 Å². The van der Waals surface area contributed by atoms with Gasteiger partial charge in [0, 0.05) is 11.1 Å². The molecule has 0 amide bonds. The molecule has 2 N–H and O–H groups in total. The number of nitrogens with zero attached hydrogens (tertiary/aromatic N) is 1. The number of aromatic nitrogens is 1. The number of hydrogen-bond acceptors (Lipinski definition) is 2. The van der Waals surface area contributed by atoms with Gasteiger partial charge in [-0.05, 0) is 30.2 Å². The highest BCUT2D eigenvalue weighted by Gasteiger charge is 2.08. The zero-order valence-electron chi connectivity index (χ0n) is 9.40. The summed E-state index contributed by atoms with van der Waals surface area (Å²) in [5, 5.41) is 0. The fourth-order valence-corrected chi connectivity index (χ4v) is 1.42. The molecule has 0 unspecified atom stereocenters. The Morgan fingerprint density at radius 1 is 1.06 bits per heavy atom. The van der Waals surface area contributed by atoms with Gasteiger partial charge in [0.15, 0.2) is 0 Å². The molecule has 0 saturated heterocycles. The normalized spacial score (nSPS) is 9.94. The number of anilines is 1. The minimum atomic E-state index is -2.58. The monoisotopic (exact) mass is 244 g/mol. The summed E-state index contributed by atoms with van der Waals surface area (Å²) < 4.78 is 25.1. The van der Waals surface area contributed by atoms with Crippen molar-refractivity contribution in [1.82, 2.24) is 4.98 Å². The molecule has 2 rings (SSSR count). The van der Waals surface area contributed by atoms with E-state index >= 15 is 0 Å². The average molecular weight is 244 g/mol. The number of pyridine rings is 1. The van der Waals surface area contributed by atoms with E-state index in [0.29, 0.717) is 0 Å².